The number of nitrogens with one attached hydrogen (secondary N) is 1. The summed E-state index contributed by atoms with van der Waals surface area (Å²) in [6.07, 6.45) is 6.16. The van der Waals surface area contributed by atoms with Crippen molar-refractivity contribution in [2.75, 3.05) is 6.54 Å². The minimum absolute atomic E-state index is 0.346. The molecule has 1 fully saturated rings. The summed E-state index contributed by atoms with van der Waals surface area (Å²) in [6, 6.07) is 0.623. The van der Waals surface area contributed by atoms with E-state index in [1.54, 1.807) is 0 Å². The van der Waals surface area contributed by atoms with Crippen molar-refractivity contribution in [2.24, 2.45) is 5.92 Å². The molecule has 1 aromatic heterocycles. The monoisotopic (exact) mass is 251 g/mol. The Bertz CT molecular complexity index is 360. The summed E-state index contributed by atoms with van der Waals surface area (Å²) in [4.78, 5) is 4.49. The molecule has 1 saturated carbocycles. The second kappa shape index (κ2) is 6.32. The average molecular weight is 251 g/mol. The van der Waals surface area contributed by atoms with Gasteiger partial charge in [0, 0.05) is 18.4 Å². The molecule has 0 aliphatic heterocycles. The van der Waals surface area contributed by atoms with Crippen LogP contribution in [0, 0.1) is 5.92 Å². The fourth-order valence-electron chi connectivity index (χ4n) is 2.79. The van der Waals surface area contributed by atoms with E-state index >= 15 is 0 Å². The standard InChI is InChI=1S/C14H25N3O/c1-4-15-12-8-6-5-7-11(12)9-13-16-14(10(2)3)17-18-13/h10-12,15H,4-9H2,1-3H3. The molecular weight excluding hydrogens is 226 g/mol. The second-order valence-corrected chi connectivity index (χ2v) is 5.61. The van der Waals surface area contributed by atoms with E-state index in [0.29, 0.717) is 17.9 Å². The van der Waals surface area contributed by atoms with E-state index in [1.165, 1.54) is 25.7 Å². The van der Waals surface area contributed by atoms with E-state index in [0.717, 1.165) is 24.7 Å². The molecule has 0 radical (unpaired) electrons. The Morgan fingerprint density at radius 2 is 2.11 bits per heavy atom. The molecular formula is C14H25N3O. The normalized spacial score (nSPS) is 24.7. The molecule has 102 valence electrons. The minimum atomic E-state index is 0.346. The topological polar surface area (TPSA) is 51.0 Å². The van der Waals surface area contributed by atoms with Crippen molar-refractivity contribution in [1.82, 2.24) is 15.5 Å². The highest BCUT2D eigenvalue weighted by atomic mass is 16.5. The smallest absolute Gasteiger partial charge is 0.226 e. The fraction of sp³-hybridized carbons (Fsp3) is 0.857. The molecule has 0 amide bonds. The van der Waals surface area contributed by atoms with Gasteiger partial charge in [-0.1, -0.05) is 38.8 Å². The molecule has 4 heteroatoms. The molecule has 0 saturated heterocycles. The molecule has 2 rings (SSSR count). The highest BCUT2D eigenvalue weighted by Gasteiger charge is 2.26. The molecule has 18 heavy (non-hydrogen) atoms. The van der Waals surface area contributed by atoms with Gasteiger partial charge in [-0.25, -0.2) is 0 Å². The van der Waals surface area contributed by atoms with Gasteiger partial charge in [-0.3, -0.25) is 0 Å². The molecule has 2 unspecified atom stereocenters. The Morgan fingerprint density at radius 1 is 1.33 bits per heavy atom. The number of hydrogen-bond acceptors (Lipinski definition) is 4. The van der Waals surface area contributed by atoms with Crippen molar-refractivity contribution in [3.63, 3.8) is 0 Å². The van der Waals surface area contributed by atoms with Crippen LogP contribution in [0.2, 0.25) is 0 Å². The van der Waals surface area contributed by atoms with E-state index in [9.17, 15) is 0 Å². The van der Waals surface area contributed by atoms with Crippen LogP contribution in [0.25, 0.3) is 0 Å². The maximum absolute atomic E-state index is 5.37. The summed E-state index contributed by atoms with van der Waals surface area (Å²) in [7, 11) is 0. The molecule has 0 aromatic carbocycles. The number of hydrogen-bond donors (Lipinski definition) is 1. The predicted octanol–water partition coefficient (Wildman–Crippen LogP) is 2.90. The van der Waals surface area contributed by atoms with Crippen molar-refractivity contribution in [3.05, 3.63) is 11.7 Å². The lowest BCUT2D eigenvalue weighted by Crippen LogP contribution is -2.39. The first-order valence-electron chi connectivity index (χ1n) is 7.26. The van der Waals surface area contributed by atoms with Crippen molar-refractivity contribution in [2.45, 2.75) is 64.8 Å². The zero-order chi connectivity index (χ0) is 13.0. The Hall–Kier alpha value is -0.900. The molecule has 1 aliphatic rings. The van der Waals surface area contributed by atoms with Gasteiger partial charge >= 0.3 is 0 Å². The van der Waals surface area contributed by atoms with Crippen molar-refractivity contribution < 1.29 is 4.52 Å². The zero-order valence-corrected chi connectivity index (χ0v) is 11.8. The van der Waals surface area contributed by atoms with E-state index in [1.807, 2.05) is 0 Å². The van der Waals surface area contributed by atoms with Gasteiger partial charge < -0.3 is 9.84 Å². The first kappa shape index (κ1) is 13.5. The Morgan fingerprint density at radius 3 is 2.78 bits per heavy atom. The summed E-state index contributed by atoms with van der Waals surface area (Å²) < 4.78 is 5.37. The highest BCUT2D eigenvalue weighted by molar-refractivity contribution is 4.94. The Balaban J connectivity index is 1.97. The van der Waals surface area contributed by atoms with Crippen LogP contribution in [0.1, 0.15) is 64.1 Å². The van der Waals surface area contributed by atoms with E-state index < -0.39 is 0 Å². The third-order valence-electron chi connectivity index (χ3n) is 3.81. The summed E-state index contributed by atoms with van der Waals surface area (Å²) in [6.45, 7) is 7.41. The fourth-order valence-corrected chi connectivity index (χ4v) is 2.79. The summed E-state index contributed by atoms with van der Waals surface area (Å²) in [5, 5.41) is 7.64. The number of nitrogens with zero attached hydrogens (tertiary/aromatic N) is 2. The van der Waals surface area contributed by atoms with Crippen molar-refractivity contribution >= 4 is 0 Å². The minimum Gasteiger partial charge on any atom is -0.339 e. The first-order chi connectivity index (χ1) is 8.70. The third-order valence-corrected chi connectivity index (χ3v) is 3.81. The Labute approximate surface area is 110 Å². The SMILES string of the molecule is CCNC1CCCCC1Cc1nc(C(C)C)no1. The van der Waals surface area contributed by atoms with Gasteiger partial charge in [0.05, 0.1) is 0 Å². The molecule has 4 nitrogen and oxygen atoms in total. The maximum Gasteiger partial charge on any atom is 0.226 e. The Kier molecular flexibility index (Phi) is 4.75. The molecule has 1 N–H and O–H groups in total. The summed E-state index contributed by atoms with van der Waals surface area (Å²) in [5.41, 5.74) is 0. The molecule has 0 spiro atoms. The van der Waals surface area contributed by atoms with E-state index in [4.69, 9.17) is 4.52 Å². The lowest BCUT2D eigenvalue weighted by atomic mass is 9.82. The van der Waals surface area contributed by atoms with Gasteiger partial charge in [-0.15, -0.1) is 0 Å². The van der Waals surface area contributed by atoms with E-state index in [2.05, 4.69) is 36.2 Å². The molecule has 0 bridgehead atoms. The zero-order valence-electron chi connectivity index (χ0n) is 11.8. The van der Waals surface area contributed by atoms with Crippen LogP contribution in [0.3, 0.4) is 0 Å². The van der Waals surface area contributed by atoms with Crippen molar-refractivity contribution in [1.29, 1.82) is 0 Å². The van der Waals surface area contributed by atoms with Gasteiger partial charge in [0.15, 0.2) is 5.82 Å². The van der Waals surface area contributed by atoms with Crippen molar-refractivity contribution in [3.8, 4) is 0 Å². The van der Waals surface area contributed by atoms with Gasteiger partial charge in [0.2, 0.25) is 5.89 Å². The molecule has 1 heterocycles. The molecule has 1 aliphatic carbocycles. The van der Waals surface area contributed by atoms with Gasteiger partial charge in [-0.2, -0.15) is 4.98 Å². The first-order valence-corrected chi connectivity index (χ1v) is 7.26. The van der Waals surface area contributed by atoms with Crippen LogP contribution in [0.5, 0.6) is 0 Å². The van der Waals surface area contributed by atoms with Crippen LogP contribution in [-0.2, 0) is 6.42 Å². The van der Waals surface area contributed by atoms with Crippen LogP contribution in [0.15, 0.2) is 4.52 Å². The van der Waals surface area contributed by atoms with Gasteiger partial charge in [-0.05, 0) is 25.3 Å². The van der Waals surface area contributed by atoms with Gasteiger partial charge in [0.1, 0.15) is 0 Å². The quantitative estimate of drug-likeness (QED) is 0.874. The average Bonchev–Trinajstić information content (AvgIpc) is 2.81. The van der Waals surface area contributed by atoms with Crippen LogP contribution in [0.4, 0.5) is 0 Å². The van der Waals surface area contributed by atoms with Crippen LogP contribution in [-0.4, -0.2) is 22.7 Å². The van der Waals surface area contributed by atoms with Crippen LogP contribution < -0.4 is 5.32 Å². The predicted molar refractivity (Wildman–Crippen MR) is 71.5 cm³/mol. The highest BCUT2D eigenvalue weighted by Crippen LogP contribution is 2.27. The summed E-state index contributed by atoms with van der Waals surface area (Å²) >= 11 is 0. The lowest BCUT2D eigenvalue weighted by molar-refractivity contribution is 0.242. The van der Waals surface area contributed by atoms with Crippen LogP contribution >= 0.6 is 0 Å². The largest absolute Gasteiger partial charge is 0.339 e. The number of rotatable bonds is 5. The second-order valence-electron chi connectivity index (χ2n) is 5.61. The lowest BCUT2D eigenvalue weighted by Gasteiger charge is -2.31. The van der Waals surface area contributed by atoms with Gasteiger partial charge in [0.25, 0.3) is 0 Å². The summed E-state index contributed by atoms with van der Waals surface area (Å²) in [5.74, 6) is 2.65. The molecule has 2 atom stereocenters. The third kappa shape index (κ3) is 3.31. The maximum atomic E-state index is 5.37. The number of aromatic nitrogens is 2. The molecule has 1 aromatic rings. The van der Waals surface area contributed by atoms with E-state index in [-0.39, 0.29) is 0 Å².